The lowest BCUT2D eigenvalue weighted by Crippen LogP contribution is -2.08. The molecule has 0 fully saturated rings. The summed E-state index contributed by atoms with van der Waals surface area (Å²) in [7, 11) is 1.66. The number of nitrogens with one attached hydrogen (secondary N) is 1. The Morgan fingerprint density at radius 1 is 1.21 bits per heavy atom. The molecule has 4 N–H and O–H groups in total. The van der Waals surface area contributed by atoms with Crippen LogP contribution in [-0.4, -0.2) is 30.4 Å². The van der Waals surface area contributed by atoms with Gasteiger partial charge in [-0.1, -0.05) is 31.2 Å². The van der Waals surface area contributed by atoms with Crippen molar-refractivity contribution >= 4 is 32.3 Å². The van der Waals surface area contributed by atoms with Gasteiger partial charge in [-0.15, -0.1) is 11.3 Å². The molecule has 0 bridgehead atoms. The van der Waals surface area contributed by atoms with Crippen LogP contribution in [0.15, 0.2) is 47.3 Å². The molecule has 2 aromatic heterocycles. The largest absolute Gasteiger partial charge is 0.496 e. The molecule has 150 valence electrons. The third kappa shape index (κ3) is 3.44. The average Bonchev–Trinajstić information content (AvgIpc) is 3.17. The van der Waals surface area contributed by atoms with Crippen molar-refractivity contribution in [3.8, 4) is 16.9 Å². The van der Waals surface area contributed by atoms with Gasteiger partial charge in [-0.2, -0.15) is 0 Å². The summed E-state index contributed by atoms with van der Waals surface area (Å²) in [6.45, 7) is 2.76. The van der Waals surface area contributed by atoms with Gasteiger partial charge >= 0.3 is 0 Å². The number of methoxy groups -OCH3 is 1. The van der Waals surface area contributed by atoms with E-state index in [-0.39, 0.29) is 12.2 Å². The van der Waals surface area contributed by atoms with Gasteiger partial charge in [0.2, 0.25) is 0 Å². The summed E-state index contributed by atoms with van der Waals surface area (Å²) in [6.07, 6.45) is 0.533. The van der Waals surface area contributed by atoms with Crippen LogP contribution in [0.5, 0.6) is 5.75 Å². The molecule has 2 heterocycles. The second kappa shape index (κ2) is 7.99. The number of fused-ring (bicyclic) bond motifs is 3. The van der Waals surface area contributed by atoms with Crippen molar-refractivity contribution in [3.05, 3.63) is 63.3 Å². The molecule has 0 radical (unpaired) electrons. The van der Waals surface area contributed by atoms with Crippen LogP contribution in [-0.2, 0) is 6.42 Å². The Morgan fingerprint density at radius 3 is 2.62 bits per heavy atom. The lowest BCUT2D eigenvalue weighted by atomic mass is 9.94. The molecule has 2 aromatic carbocycles. The number of benzene rings is 2. The van der Waals surface area contributed by atoms with Crippen LogP contribution in [0.1, 0.15) is 23.3 Å². The highest BCUT2D eigenvalue weighted by atomic mass is 32.1. The highest BCUT2D eigenvalue weighted by molar-refractivity contribution is 7.19. The monoisotopic (exact) mass is 408 g/mol. The van der Waals surface area contributed by atoms with Crippen molar-refractivity contribution in [2.75, 3.05) is 20.3 Å². The Kier molecular flexibility index (Phi) is 5.41. The number of pyridine rings is 1. The number of aliphatic hydroxyl groups excluding tert-OH is 1. The molecule has 0 amide bonds. The SMILES string of the molecule is COc1ccc2[nH]c(=O)c3sc(CCO)cc3c2c1-c1ccc([C@@H](C)CN)cc1. The lowest BCUT2D eigenvalue weighted by molar-refractivity contribution is 0.300. The molecule has 29 heavy (non-hydrogen) atoms. The van der Waals surface area contributed by atoms with Crippen LogP contribution in [0.3, 0.4) is 0 Å². The molecule has 0 aliphatic heterocycles. The highest BCUT2D eigenvalue weighted by Gasteiger charge is 2.18. The van der Waals surface area contributed by atoms with Gasteiger partial charge in [0, 0.05) is 39.8 Å². The van der Waals surface area contributed by atoms with Crippen LogP contribution >= 0.6 is 11.3 Å². The number of hydrogen-bond donors (Lipinski definition) is 3. The summed E-state index contributed by atoms with van der Waals surface area (Å²) in [5, 5.41) is 11.2. The van der Waals surface area contributed by atoms with Crippen LogP contribution in [0.4, 0.5) is 0 Å². The highest BCUT2D eigenvalue weighted by Crippen LogP contribution is 2.41. The van der Waals surface area contributed by atoms with E-state index in [9.17, 15) is 9.90 Å². The second-order valence-electron chi connectivity index (χ2n) is 7.21. The Balaban J connectivity index is 2.03. The number of ether oxygens (including phenoxy) is 1. The second-order valence-corrected chi connectivity index (χ2v) is 8.34. The van der Waals surface area contributed by atoms with Crippen LogP contribution in [0, 0.1) is 0 Å². The van der Waals surface area contributed by atoms with E-state index in [0.29, 0.717) is 23.6 Å². The fraction of sp³-hybridized carbons (Fsp3) is 0.261. The predicted octanol–water partition coefficient (Wildman–Crippen LogP) is 4.02. The first-order valence-electron chi connectivity index (χ1n) is 9.64. The number of aromatic nitrogens is 1. The third-order valence-electron chi connectivity index (χ3n) is 5.37. The van der Waals surface area contributed by atoms with Crippen molar-refractivity contribution < 1.29 is 9.84 Å². The summed E-state index contributed by atoms with van der Waals surface area (Å²) >= 11 is 1.43. The quantitative estimate of drug-likeness (QED) is 0.450. The normalized spacial score (nSPS) is 12.6. The van der Waals surface area contributed by atoms with Crippen LogP contribution < -0.4 is 16.0 Å². The Labute approximate surface area is 172 Å². The van der Waals surface area contributed by atoms with E-state index in [0.717, 1.165) is 38.0 Å². The molecular weight excluding hydrogens is 384 g/mol. The minimum Gasteiger partial charge on any atom is -0.496 e. The van der Waals surface area contributed by atoms with Gasteiger partial charge in [0.15, 0.2) is 0 Å². The predicted molar refractivity (Wildman–Crippen MR) is 120 cm³/mol. The standard InChI is InChI=1S/C23H24N2O3S/c1-13(12-24)14-3-5-15(6-4-14)20-19(28-2)8-7-18-21(20)17-11-16(9-10-26)29-22(17)23(27)25-18/h3-8,11,13,26H,9-10,12,24H2,1-2H3,(H,25,27)/t13-/m0/s1. The van der Waals surface area contributed by atoms with E-state index in [1.165, 1.54) is 16.9 Å². The van der Waals surface area contributed by atoms with E-state index in [4.69, 9.17) is 10.5 Å². The van der Waals surface area contributed by atoms with Crippen molar-refractivity contribution in [2.24, 2.45) is 5.73 Å². The lowest BCUT2D eigenvalue weighted by Gasteiger charge is -2.15. The molecule has 0 saturated heterocycles. The Morgan fingerprint density at radius 2 is 1.97 bits per heavy atom. The van der Waals surface area contributed by atoms with Crippen molar-refractivity contribution in [1.82, 2.24) is 4.98 Å². The molecule has 0 saturated carbocycles. The average molecular weight is 409 g/mol. The number of H-pyrrole nitrogens is 1. The fourth-order valence-electron chi connectivity index (χ4n) is 3.75. The van der Waals surface area contributed by atoms with Gasteiger partial charge in [0.1, 0.15) is 10.4 Å². The Bertz CT molecular complexity index is 1230. The van der Waals surface area contributed by atoms with Gasteiger partial charge in [-0.25, -0.2) is 0 Å². The summed E-state index contributed by atoms with van der Waals surface area (Å²) in [5.74, 6) is 1.04. The maximum absolute atomic E-state index is 12.6. The fourth-order valence-corrected chi connectivity index (χ4v) is 4.79. The maximum Gasteiger partial charge on any atom is 0.266 e. The van der Waals surface area contributed by atoms with Crippen LogP contribution in [0.25, 0.3) is 32.1 Å². The zero-order valence-corrected chi connectivity index (χ0v) is 17.3. The number of aromatic amines is 1. The first-order valence-corrected chi connectivity index (χ1v) is 10.5. The van der Waals surface area contributed by atoms with E-state index < -0.39 is 0 Å². The summed E-state index contributed by atoms with van der Waals surface area (Å²) in [5.41, 5.74) is 9.63. The molecule has 5 nitrogen and oxygen atoms in total. The molecule has 0 aliphatic rings. The molecule has 0 aliphatic carbocycles. The molecule has 1 atom stereocenters. The van der Waals surface area contributed by atoms with E-state index in [2.05, 4.69) is 36.2 Å². The van der Waals surface area contributed by atoms with E-state index >= 15 is 0 Å². The van der Waals surface area contributed by atoms with Gasteiger partial charge in [0.05, 0.1) is 7.11 Å². The van der Waals surface area contributed by atoms with Crippen molar-refractivity contribution in [1.29, 1.82) is 0 Å². The molecule has 6 heteroatoms. The van der Waals surface area contributed by atoms with Gasteiger partial charge in [-0.3, -0.25) is 4.79 Å². The van der Waals surface area contributed by atoms with Gasteiger partial charge < -0.3 is 20.6 Å². The number of aliphatic hydroxyl groups is 1. The topological polar surface area (TPSA) is 88.3 Å². The maximum atomic E-state index is 12.6. The third-order valence-corrected chi connectivity index (χ3v) is 6.57. The van der Waals surface area contributed by atoms with Crippen molar-refractivity contribution in [2.45, 2.75) is 19.3 Å². The number of thiophene rings is 1. The zero-order chi connectivity index (χ0) is 20.5. The van der Waals surface area contributed by atoms with Crippen molar-refractivity contribution in [3.63, 3.8) is 0 Å². The molecule has 4 aromatic rings. The smallest absolute Gasteiger partial charge is 0.266 e. The minimum atomic E-state index is -0.107. The molecule has 4 rings (SSSR count). The zero-order valence-electron chi connectivity index (χ0n) is 16.5. The number of rotatable bonds is 6. The number of hydrogen-bond acceptors (Lipinski definition) is 5. The van der Waals surface area contributed by atoms with Crippen LogP contribution in [0.2, 0.25) is 0 Å². The molecule has 0 spiro atoms. The molecular formula is C23H24N2O3S. The van der Waals surface area contributed by atoms with E-state index in [1.807, 2.05) is 18.2 Å². The first-order chi connectivity index (χ1) is 14.1. The summed E-state index contributed by atoms with van der Waals surface area (Å²) in [6, 6.07) is 14.1. The minimum absolute atomic E-state index is 0.0552. The first kappa shape index (κ1) is 19.6. The molecule has 0 unspecified atom stereocenters. The number of nitrogens with two attached hydrogens (primary N) is 1. The summed E-state index contributed by atoms with van der Waals surface area (Å²) < 4.78 is 6.36. The van der Waals surface area contributed by atoms with Gasteiger partial charge in [-0.05, 0) is 41.8 Å². The Hall–Kier alpha value is -2.67. The summed E-state index contributed by atoms with van der Waals surface area (Å²) in [4.78, 5) is 16.6. The van der Waals surface area contributed by atoms with E-state index in [1.54, 1.807) is 7.11 Å². The van der Waals surface area contributed by atoms with Gasteiger partial charge in [0.25, 0.3) is 5.56 Å².